The Morgan fingerprint density at radius 2 is 1.59 bits per heavy atom. The number of furan rings is 1. The van der Waals surface area contributed by atoms with Gasteiger partial charge in [-0.15, -0.1) is 0 Å². The maximum absolute atomic E-state index is 7.32. The standard InChI is InChI=1S/C60H48N2O/c1-4-19-42-38(2)60(48-28-13-10-25-44(42)48)50-37-54(56-46-27-12-15-32-55(46)63-58(56)57(50)49-29-16-17-35-59(49,60)3)62(51-31-18-21-39-20-8-9-24-43(39)51)41-33-34-53-47(36-41)45-26-11-14-30-52(45)61(53)40-22-6-5-7-23-40/h4-11,13-15,19-20,22-26,28,30-34,36-37,49H,16-18,21,29,35H2,1-3H3/b19-4-/t49?,59-,60?/m1/s1. The molecule has 4 aliphatic carbocycles. The predicted octanol–water partition coefficient (Wildman–Crippen LogP) is 15.7. The Kier molecular flexibility index (Phi) is 7.84. The maximum atomic E-state index is 7.32. The predicted molar refractivity (Wildman–Crippen MR) is 261 cm³/mol. The molecule has 2 aromatic heterocycles. The van der Waals surface area contributed by atoms with Crippen LogP contribution in [0.4, 0.5) is 11.4 Å². The molecule has 304 valence electrons. The number of benzene rings is 6. The summed E-state index contributed by atoms with van der Waals surface area (Å²) in [7, 11) is 0. The van der Waals surface area contributed by atoms with E-state index in [4.69, 9.17) is 4.42 Å². The third-order valence-corrected chi connectivity index (χ3v) is 15.7. The molecule has 1 spiro atoms. The molecule has 2 heterocycles. The van der Waals surface area contributed by atoms with Gasteiger partial charge in [-0.2, -0.15) is 0 Å². The summed E-state index contributed by atoms with van der Waals surface area (Å²) in [6.07, 6.45) is 13.8. The highest BCUT2D eigenvalue weighted by atomic mass is 16.3. The summed E-state index contributed by atoms with van der Waals surface area (Å²) in [4.78, 5) is 2.59. The van der Waals surface area contributed by atoms with Crippen LogP contribution in [0.3, 0.4) is 0 Å². The van der Waals surface area contributed by atoms with Crippen molar-refractivity contribution in [2.24, 2.45) is 5.41 Å². The van der Waals surface area contributed by atoms with E-state index in [0.29, 0.717) is 5.92 Å². The lowest BCUT2D eigenvalue weighted by Gasteiger charge is -2.49. The molecule has 0 bridgehead atoms. The van der Waals surface area contributed by atoms with Gasteiger partial charge in [-0.05, 0) is 139 Å². The zero-order valence-electron chi connectivity index (χ0n) is 36.1. The van der Waals surface area contributed by atoms with Gasteiger partial charge in [0.1, 0.15) is 11.2 Å². The van der Waals surface area contributed by atoms with Gasteiger partial charge in [-0.3, -0.25) is 0 Å². The van der Waals surface area contributed by atoms with Crippen molar-refractivity contribution in [1.82, 2.24) is 4.57 Å². The molecule has 7 aromatic carbocycles. The average molecular weight is 813 g/mol. The maximum Gasteiger partial charge on any atom is 0.144 e. The third kappa shape index (κ3) is 4.76. The molecular weight excluding hydrogens is 765 g/mol. The minimum Gasteiger partial charge on any atom is -0.455 e. The number of nitrogens with zero attached hydrogens (tertiary/aromatic N) is 2. The van der Waals surface area contributed by atoms with Crippen LogP contribution < -0.4 is 4.90 Å². The third-order valence-electron chi connectivity index (χ3n) is 15.7. The topological polar surface area (TPSA) is 21.3 Å². The minimum absolute atomic E-state index is 0.0584. The van der Waals surface area contributed by atoms with Crippen LogP contribution in [0.1, 0.15) is 92.2 Å². The van der Waals surface area contributed by atoms with Crippen LogP contribution >= 0.6 is 0 Å². The van der Waals surface area contributed by atoms with Gasteiger partial charge in [0.05, 0.1) is 27.5 Å². The summed E-state index contributed by atoms with van der Waals surface area (Å²) < 4.78 is 9.74. The molecule has 0 N–H and O–H groups in total. The highest BCUT2D eigenvalue weighted by molar-refractivity contribution is 6.17. The van der Waals surface area contributed by atoms with E-state index in [1.165, 1.54) is 84.9 Å². The van der Waals surface area contributed by atoms with E-state index in [1.54, 1.807) is 0 Å². The zero-order valence-corrected chi connectivity index (χ0v) is 36.1. The zero-order chi connectivity index (χ0) is 42.0. The largest absolute Gasteiger partial charge is 0.455 e. The van der Waals surface area contributed by atoms with E-state index in [2.05, 4.69) is 194 Å². The number of fused-ring (bicyclic) bond motifs is 15. The number of allylic oxidation sites excluding steroid dienone is 5. The molecule has 9 aromatic rings. The monoisotopic (exact) mass is 812 g/mol. The molecule has 3 heteroatoms. The Balaban J connectivity index is 1.18. The number of para-hydroxylation sites is 2. The first-order valence-corrected chi connectivity index (χ1v) is 23.0. The molecule has 13 rings (SSSR count). The van der Waals surface area contributed by atoms with Crippen LogP contribution in [0.15, 0.2) is 168 Å². The number of aryl methyl sites for hydroxylation is 1. The van der Waals surface area contributed by atoms with Crippen LogP contribution in [0.2, 0.25) is 0 Å². The molecule has 1 saturated carbocycles. The Bertz CT molecular complexity index is 3470. The smallest absolute Gasteiger partial charge is 0.144 e. The number of rotatable bonds is 5. The fourth-order valence-corrected chi connectivity index (χ4v) is 13.3. The summed E-state index contributed by atoms with van der Waals surface area (Å²) in [6.45, 7) is 7.23. The molecule has 1 fully saturated rings. The lowest BCUT2D eigenvalue weighted by atomic mass is 9.53. The van der Waals surface area contributed by atoms with E-state index in [9.17, 15) is 0 Å². The summed E-state index contributed by atoms with van der Waals surface area (Å²) in [5.74, 6) is 0.332. The summed E-state index contributed by atoms with van der Waals surface area (Å²) in [5.41, 5.74) is 19.6. The van der Waals surface area contributed by atoms with Crippen molar-refractivity contribution in [2.45, 2.75) is 70.6 Å². The van der Waals surface area contributed by atoms with Crippen LogP contribution in [0.25, 0.3) is 60.7 Å². The van der Waals surface area contributed by atoms with Gasteiger partial charge in [0.2, 0.25) is 0 Å². The van der Waals surface area contributed by atoms with Crippen LogP contribution in [0, 0.1) is 17.5 Å². The van der Waals surface area contributed by atoms with Crippen molar-refractivity contribution >= 4 is 66.4 Å². The Labute approximate surface area is 369 Å². The Hall–Kier alpha value is -7.02. The van der Waals surface area contributed by atoms with Crippen molar-refractivity contribution in [1.29, 1.82) is 0 Å². The second kappa shape index (κ2) is 13.5. The van der Waals surface area contributed by atoms with Crippen molar-refractivity contribution in [2.75, 3.05) is 4.90 Å². The van der Waals surface area contributed by atoms with E-state index < -0.39 is 0 Å². The van der Waals surface area contributed by atoms with Gasteiger partial charge in [0.25, 0.3) is 0 Å². The van der Waals surface area contributed by atoms with Gasteiger partial charge in [0, 0.05) is 44.4 Å². The van der Waals surface area contributed by atoms with Crippen molar-refractivity contribution in [3.63, 3.8) is 0 Å². The molecule has 3 nitrogen and oxygen atoms in total. The van der Waals surface area contributed by atoms with E-state index in [-0.39, 0.29) is 10.8 Å². The lowest BCUT2D eigenvalue weighted by molar-refractivity contribution is 0.129. The first-order valence-electron chi connectivity index (χ1n) is 23.0. The highest BCUT2D eigenvalue weighted by Gasteiger charge is 2.65. The first-order chi connectivity index (χ1) is 31.0. The van der Waals surface area contributed by atoms with Crippen molar-refractivity contribution < 1.29 is 4.42 Å². The summed E-state index contributed by atoms with van der Waals surface area (Å²) in [6, 6.07) is 58.8. The minimum atomic E-state index is -0.339. The van der Waals surface area contributed by atoms with Crippen molar-refractivity contribution in [3.05, 3.63) is 209 Å². The number of hydrogen-bond acceptors (Lipinski definition) is 2. The fourth-order valence-electron chi connectivity index (χ4n) is 13.3. The first kappa shape index (κ1) is 36.6. The normalized spacial score (nSPS) is 21.3. The summed E-state index contributed by atoms with van der Waals surface area (Å²) in [5, 5.41) is 4.59. The molecule has 63 heavy (non-hydrogen) atoms. The second-order valence-electron chi connectivity index (χ2n) is 18.6. The highest BCUT2D eigenvalue weighted by Crippen LogP contribution is 2.74. The van der Waals surface area contributed by atoms with Gasteiger partial charge in [-0.25, -0.2) is 0 Å². The molecule has 0 radical (unpaired) electrons. The molecule has 2 unspecified atom stereocenters. The van der Waals surface area contributed by atoms with E-state index in [0.717, 1.165) is 64.7 Å². The number of aromatic nitrogens is 1. The van der Waals surface area contributed by atoms with Crippen LogP contribution in [0.5, 0.6) is 0 Å². The Morgan fingerprint density at radius 1 is 0.794 bits per heavy atom. The lowest BCUT2D eigenvalue weighted by Crippen LogP contribution is -2.44. The second-order valence-corrected chi connectivity index (χ2v) is 18.6. The number of anilines is 2. The van der Waals surface area contributed by atoms with Gasteiger partial charge < -0.3 is 13.9 Å². The van der Waals surface area contributed by atoms with Crippen LogP contribution in [-0.4, -0.2) is 4.57 Å². The summed E-state index contributed by atoms with van der Waals surface area (Å²) >= 11 is 0. The molecule has 4 aliphatic rings. The number of hydrogen-bond donors (Lipinski definition) is 0. The average Bonchev–Trinajstić information content (AvgIpc) is 4.02. The van der Waals surface area contributed by atoms with E-state index in [1.807, 2.05) is 6.07 Å². The van der Waals surface area contributed by atoms with E-state index >= 15 is 0 Å². The molecule has 0 amide bonds. The Morgan fingerprint density at radius 3 is 2.48 bits per heavy atom. The fraction of sp³-hybridized carbons (Fsp3) is 0.200. The quantitative estimate of drug-likeness (QED) is 0.173. The van der Waals surface area contributed by atoms with Gasteiger partial charge in [-0.1, -0.05) is 135 Å². The van der Waals surface area contributed by atoms with Crippen molar-refractivity contribution in [3.8, 4) is 5.69 Å². The molecule has 3 atom stereocenters. The molecule has 0 saturated heterocycles. The van der Waals surface area contributed by atoms with Gasteiger partial charge in [0.15, 0.2) is 0 Å². The van der Waals surface area contributed by atoms with Crippen LogP contribution in [-0.2, 0) is 11.8 Å². The SMILES string of the molecule is C/C=C\C1=C(C)C2(c3ccccc31)c1cc(N(C3=CCCc4ccccc43)c3ccc4c(c3)c3ccccc3n4-c3ccccc3)c3c(oc4ccc#cc43)c1C1CCCC[C@]12C. The molecule has 0 aliphatic heterocycles. The van der Waals surface area contributed by atoms with Gasteiger partial charge >= 0.3 is 0 Å². The molecular formula is C60H48N2O.